The van der Waals surface area contributed by atoms with Crippen molar-refractivity contribution in [2.75, 3.05) is 0 Å². The van der Waals surface area contributed by atoms with E-state index < -0.39 is 0 Å². The van der Waals surface area contributed by atoms with Gasteiger partial charge in [-0.1, -0.05) is 12.1 Å². The number of carbonyl (C=O) groups excluding carboxylic acids is 1. The van der Waals surface area contributed by atoms with Gasteiger partial charge in [-0.15, -0.1) is 11.3 Å². The first-order valence-electron chi connectivity index (χ1n) is 8.08. The highest BCUT2D eigenvalue weighted by Gasteiger charge is 2.14. The van der Waals surface area contributed by atoms with E-state index >= 15 is 0 Å². The number of ketones is 1. The highest BCUT2D eigenvalue weighted by Crippen LogP contribution is 2.26. The molecular weight excluding hydrogens is 334 g/mol. The fourth-order valence-electron chi connectivity index (χ4n) is 2.85. The van der Waals surface area contributed by atoms with Gasteiger partial charge >= 0.3 is 0 Å². The number of hydrogen-bond donors (Lipinski definition) is 0. The normalized spacial score (nSPS) is 11.3. The van der Waals surface area contributed by atoms with Crippen molar-refractivity contribution in [2.24, 2.45) is 0 Å². The minimum absolute atomic E-state index is 0.125. The number of rotatable bonds is 5. The van der Waals surface area contributed by atoms with Gasteiger partial charge in [-0.3, -0.25) is 4.79 Å². The molecule has 0 bridgehead atoms. The van der Waals surface area contributed by atoms with Crippen LogP contribution in [-0.4, -0.2) is 10.8 Å². The van der Waals surface area contributed by atoms with Crippen LogP contribution in [0.25, 0.3) is 22.4 Å². The molecule has 0 saturated carbocycles. The van der Waals surface area contributed by atoms with Gasteiger partial charge in [0.25, 0.3) is 0 Å². The molecule has 0 radical (unpaired) electrons. The maximum Gasteiger partial charge on any atom is 0.153 e. The molecule has 0 unspecified atom stereocenters. The van der Waals surface area contributed by atoms with Gasteiger partial charge in [0.05, 0.1) is 12.7 Å². The van der Waals surface area contributed by atoms with Crippen LogP contribution in [0.1, 0.15) is 21.9 Å². The van der Waals surface area contributed by atoms with Crippen molar-refractivity contribution < 1.29 is 13.6 Å². The highest BCUT2D eigenvalue weighted by atomic mass is 32.1. The first-order valence-corrected chi connectivity index (χ1v) is 8.96. The quantitative estimate of drug-likeness (QED) is 0.501. The maximum absolute atomic E-state index is 12.4. The van der Waals surface area contributed by atoms with E-state index in [2.05, 4.69) is 4.98 Å². The van der Waals surface area contributed by atoms with Crippen molar-refractivity contribution in [2.45, 2.75) is 26.7 Å². The second kappa shape index (κ2) is 6.33. The third-order valence-electron chi connectivity index (χ3n) is 4.09. The van der Waals surface area contributed by atoms with E-state index in [1.807, 2.05) is 49.6 Å². The number of Topliss-reactive ketones (excluding diaryl/α,β-unsaturated/α-hetero) is 1. The van der Waals surface area contributed by atoms with Crippen LogP contribution >= 0.6 is 11.3 Å². The molecule has 3 aromatic heterocycles. The van der Waals surface area contributed by atoms with Gasteiger partial charge in [-0.05, 0) is 37.6 Å². The number of carbonyl (C=O) groups is 1. The van der Waals surface area contributed by atoms with Gasteiger partial charge in [0.15, 0.2) is 5.76 Å². The van der Waals surface area contributed by atoms with Crippen molar-refractivity contribution in [3.8, 4) is 11.5 Å². The monoisotopic (exact) mass is 351 g/mol. The summed E-state index contributed by atoms with van der Waals surface area (Å²) in [6.45, 7) is 3.92. The molecule has 4 aromatic rings. The summed E-state index contributed by atoms with van der Waals surface area (Å²) in [4.78, 5) is 17.0. The van der Waals surface area contributed by atoms with Gasteiger partial charge in [0, 0.05) is 22.8 Å². The molecule has 4 rings (SSSR count). The number of fused-ring (bicyclic) bond motifs is 1. The highest BCUT2D eigenvalue weighted by molar-refractivity contribution is 7.10. The number of hydrogen-bond acceptors (Lipinski definition) is 5. The van der Waals surface area contributed by atoms with Crippen molar-refractivity contribution in [3.05, 3.63) is 63.9 Å². The van der Waals surface area contributed by atoms with Crippen LogP contribution in [0.2, 0.25) is 0 Å². The van der Waals surface area contributed by atoms with Crippen LogP contribution in [0.4, 0.5) is 0 Å². The predicted molar refractivity (Wildman–Crippen MR) is 97.9 cm³/mol. The van der Waals surface area contributed by atoms with Crippen molar-refractivity contribution >= 4 is 28.1 Å². The minimum Gasteiger partial charge on any atom is -0.464 e. The van der Waals surface area contributed by atoms with Gasteiger partial charge in [0.2, 0.25) is 0 Å². The molecule has 0 saturated heterocycles. The Labute approximate surface area is 149 Å². The van der Waals surface area contributed by atoms with Gasteiger partial charge < -0.3 is 8.83 Å². The molecule has 0 aliphatic rings. The Kier molecular flexibility index (Phi) is 4.01. The second-order valence-electron chi connectivity index (χ2n) is 6.19. The molecule has 0 aliphatic heterocycles. The molecule has 4 nitrogen and oxygen atoms in total. The fraction of sp³-hybridized carbons (Fsp3) is 0.200. The van der Waals surface area contributed by atoms with Crippen LogP contribution in [-0.2, 0) is 17.6 Å². The second-order valence-corrected chi connectivity index (χ2v) is 7.13. The van der Waals surface area contributed by atoms with E-state index in [9.17, 15) is 4.79 Å². The van der Waals surface area contributed by atoms with E-state index in [0.717, 1.165) is 44.3 Å². The Morgan fingerprint density at radius 2 is 2.04 bits per heavy atom. The molecule has 0 fully saturated rings. The summed E-state index contributed by atoms with van der Waals surface area (Å²) >= 11 is 1.48. The number of benzene rings is 1. The molecule has 0 amide bonds. The number of furan rings is 2. The minimum atomic E-state index is 0.125. The summed E-state index contributed by atoms with van der Waals surface area (Å²) in [5, 5.41) is 3.74. The average molecular weight is 351 g/mol. The largest absolute Gasteiger partial charge is 0.464 e. The van der Waals surface area contributed by atoms with Gasteiger partial charge in [-0.25, -0.2) is 4.98 Å². The predicted octanol–water partition coefficient (Wildman–Crippen LogP) is 5.12. The van der Waals surface area contributed by atoms with E-state index in [-0.39, 0.29) is 5.78 Å². The number of nitrogens with zero attached hydrogens (tertiary/aromatic N) is 1. The summed E-state index contributed by atoms with van der Waals surface area (Å²) in [6, 6.07) is 9.84. The Morgan fingerprint density at radius 1 is 1.16 bits per heavy atom. The number of aryl methyl sites for hydroxylation is 2. The summed E-state index contributed by atoms with van der Waals surface area (Å²) in [5.74, 6) is 1.71. The molecule has 0 spiro atoms. The lowest BCUT2D eigenvalue weighted by Crippen LogP contribution is -2.06. The molecule has 0 atom stereocenters. The summed E-state index contributed by atoms with van der Waals surface area (Å²) < 4.78 is 11.1. The van der Waals surface area contributed by atoms with Crippen molar-refractivity contribution in [3.63, 3.8) is 0 Å². The van der Waals surface area contributed by atoms with Gasteiger partial charge in [-0.2, -0.15) is 0 Å². The lowest BCUT2D eigenvalue weighted by molar-refractivity contribution is -0.117. The van der Waals surface area contributed by atoms with Crippen LogP contribution in [0.15, 0.2) is 50.8 Å². The average Bonchev–Trinajstić information content (AvgIpc) is 3.28. The third kappa shape index (κ3) is 3.28. The maximum atomic E-state index is 12.4. The first kappa shape index (κ1) is 15.8. The van der Waals surface area contributed by atoms with Gasteiger partial charge in [0.1, 0.15) is 27.8 Å². The van der Waals surface area contributed by atoms with E-state index in [0.29, 0.717) is 12.8 Å². The first-order chi connectivity index (χ1) is 12.1. The summed E-state index contributed by atoms with van der Waals surface area (Å²) in [7, 11) is 0. The van der Waals surface area contributed by atoms with Crippen LogP contribution in [0, 0.1) is 13.8 Å². The number of thiazole rings is 1. The molecule has 3 heterocycles. The van der Waals surface area contributed by atoms with Crippen LogP contribution in [0.3, 0.4) is 0 Å². The zero-order valence-electron chi connectivity index (χ0n) is 14.0. The topological polar surface area (TPSA) is 56.2 Å². The van der Waals surface area contributed by atoms with Crippen LogP contribution < -0.4 is 0 Å². The van der Waals surface area contributed by atoms with E-state index in [1.165, 1.54) is 11.3 Å². The molecule has 0 aliphatic carbocycles. The molecule has 1 aromatic carbocycles. The Hall–Kier alpha value is -2.66. The van der Waals surface area contributed by atoms with Crippen LogP contribution in [0.5, 0.6) is 0 Å². The summed E-state index contributed by atoms with van der Waals surface area (Å²) in [6.07, 6.45) is 2.36. The summed E-state index contributed by atoms with van der Waals surface area (Å²) in [5.41, 5.74) is 3.68. The van der Waals surface area contributed by atoms with Crippen molar-refractivity contribution in [1.82, 2.24) is 4.98 Å². The third-order valence-corrected chi connectivity index (χ3v) is 4.94. The standard InChI is InChI=1S/C20H17NO3S/c1-12-3-5-16-14(10-23-19(16)7-12)8-15(22)9-20-21-17(11-25-20)18-6-4-13(2)24-18/h3-7,10-11H,8-9H2,1-2H3. The molecule has 126 valence electrons. The Balaban J connectivity index is 1.48. The fourth-order valence-corrected chi connectivity index (χ4v) is 3.66. The lowest BCUT2D eigenvalue weighted by Gasteiger charge is -1.98. The zero-order valence-corrected chi connectivity index (χ0v) is 14.9. The zero-order chi connectivity index (χ0) is 17.4. The molecule has 0 N–H and O–H groups in total. The smallest absolute Gasteiger partial charge is 0.153 e. The van der Waals surface area contributed by atoms with E-state index in [1.54, 1.807) is 6.26 Å². The Bertz CT molecular complexity index is 1050. The van der Waals surface area contributed by atoms with Crippen molar-refractivity contribution in [1.29, 1.82) is 0 Å². The molecule has 25 heavy (non-hydrogen) atoms. The van der Waals surface area contributed by atoms with E-state index in [4.69, 9.17) is 8.83 Å². The Morgan fingerprint density at radius 3 is 2.84 bits per heavy atom. The lowest BCUT2D eigenvalue weighted by atomic mass is 10.1. The SMILES string of the molecule is Cc1ccc2c(CC(=O)Cc3nc(-c4ccc(C)o4)cs3)coc2c1. The molecular formula is C20H17NO3S. The molecule has 5 heteroatoms. The number of aromatic nitrogens is 1.